The van der Waals surface area contributed by atoms with Crippen molar-refractivity contribution in [3.8, 4) is 0 Å². The fourth-order valence-electron chi connectivity index (χ4n) is 1.44. The first kappa shape index (κ1) is 9.79. The van der Waals surface area contributed by atoms with E-state index in [2.05, 4.69) is 4.74 Å². The highest BCUT2D eigenvalue weighted by molar-refractivity contribution is 5.81. The predicted octanol–water partition coefficient (Wildman–Crippen LogP) is -0.761. The van der Waals surface area contributed by atoms with Gasteiger partial charge in [0.1, 0.15) is 6.04 Å². The van der Waals surface area contributed by atoms with E-state index < -0.39 is 18.1 Å². The summed E-state index contributed by atoms with van der Waals surface area (Å²) in [5.41, 5.74) is 5.53. The van der Waals surface area contributed by atoms with Gasteiger partial charge in [-0.3, -0.25) is 4.90 Å². The second-order valence-corrected chi connectivity index (χ2v) is 2.97. The van der Waals surface area contributed by atoms with Crippen LogP contribution in [-0.2, 0) is 9.53 Å². The molecule has 1 fully saturated rings. The maximum Gasteiger partial charge on any atom is 0.408 e. The molecule has 1 saturated heterocycles. The molecule has 0 unspecified atom stereocenters. The van der Waals surface area contributed by atoms with E-state index in [0.29, 0.717) is 6.42 Å². The molecule has 3 N–H and O–H groups in total. The number of carbonyl (C=O) groups is 2. The monoisotopic (exact) mass is 188 g/mol. The van der Waals surface area contributed by atoms with Crippen LogP contribution in [0.3, 0.4) is 0 Å². The number of hydrogen-bond donors (Lipinski definition) is 2. The molecule has 74 valence electrons. The molecule has 13 heavy (non-hydrogen) atoms. The Balaban J connectivity index is 2.71. The molecule has 1 amide bonds. The zero-order valence-corrected chi connectivity index (χ0v) is 7.27. The van der Waals surface area contributed by atoms with E-state index in [-0.39, 0.29) is 12.6 Å². The third kappa shape index (κ3) is 1.89. The van der Waals surface area contributed by atoms with Crippen molar-refractivity contribution >= 4 is 12.1 Å². The minimum atomic E-state index is -1.14. The molecule has 0 saturated carbocycles. The Labute approximate surface area is 75.3 Å². The maximum absolute atomic E-state index is 11.1. The van der Waals surface area contributed by atoms with Gasteiger partial charge in [0.25, 0.3) is 0 Å². The lowest BCUT2D eigenvalue weighted by atomic mass is 10.2. The van der Waals surface area contributed by atoms with Crippen LogP contribution in [0.15, 0.2) is 0 Å². The number of rotatable bonds is 1. The van der Waals surface area contributed by atoms with Gasteiger partial charge in [-0.2, -0.15) is 0 Å². The smallest absolute Gasteiger partial charge is 0.408 e. The van der Waals surface area contributed by atoms with Crippen LogP contribution in [0.25, 0.3) is 0 Å². The Morgan fingerprint density at radius 1 is 1.62 bits per heavy atom. The molecule has 0 spiro atoms. The van der Waals surface area contributed by atoms with Crippen LogP contribution in [-0.4, -0.2) is 47.8 Å². The van der Waals surface area contributed by atoms with Gasteiger partial charge in [-0.1, -0.05) is 0 Å². The largest absolute Gasteiger partial charge is 0.467 e. The quantitative estimate of drug-likeness (QED) is 0.527. The van der Waals surface area contributed by atoms with Gasteiger partial charge < -0.3 is 15.6 Å². The Hall–Kier alpha value is -1.30. The minimum absolute atomic E-state index is 0.190. The molecular weight excluding hydrogens is 176 g/mol. The normalized spacial score (nSPS) is 27.4. The number of nitrogens with two attached hydrogens (primary N) is 1. The van der Waals surface area contributed by atoms with Gasteiger partial charge >= 0.3 is 12.1 Å². The molecule has 1 heterocycles. The molecule has 1 rings (SSSR count). The summed E-state index contributed by atoms with van der Waals surface area (Å²) < 4.78 is 4.46. The highest BCUT2D eigenvalue weighted by Gasteiger charge is 2.38. The van der Waals surface area contributed by atoms with E-state index >= 15 is 0 Å². The summed E-state index contributed by atoms with van der Waals surface area (Å²) in [6.45, 7) is 0.190. The highest BCUT2D eigenvalue weighted by atomic mass is 16.5. The zero-order valence-electron chi connectivity index (χ0n) is 7.27. The van der Waals surface area contributed by atoms with Gasteiger partial charge in [-0.25, -0.2) is 9.59 Å². The first-order valence-corrected chi connectivity index (χ1v) is 3.89. The second-order valence-electron chi connectivity index (χ2n) is 2.97. The highest BCUT2D eigenvalue weighted by Crippen LogP contribution is 2.17. The number of esters is 1. The number of hydrogen-bond acceptors (Lipinski definition) is 4. The van der Waals surface area contributed by atoms with Gasteiger partial charge in [-0.15, -0.1) is 0 Å². The number of methoxy groups -OCH3 is 1. The molecule has 0 aromatic carbocycles. The Morgan fingerprint density at radius 2 is 2.23 bits per heavy atom. The van der Waals surface area contributed by atoms with Crippen molar-refractivity contribution in [3.63, 3.8) is 0 Å². The number of likely N-dealkylation sites (tertiary alicyclic amines) is 1. The number of nitrogens with zero attached hydrogens (tertiary/aromatic N) is 1. The third-order valence-corrected chi connectivity index (χ3v) is 2.05. The van der Waals surface area contributed by atoms with Crippen molar-refractivity contribution < 1.29 is 19.4 Å². The van der Waals surface area contributed by atoms with Crippen molar-refractivity contribution in [1.29, 1.82) is 0 Å². The van der Waals surface area contributed by atoms with Gasteiger partial charge in [0.15, 0.2) is 0 Å². The van der Waals surface area contributed by atoms with Crippen LogP contribution in [0.2, 0.25) is 0 Å². The van der Waals surface area contributed by atoms with Crippen LogP contribution < -0.4 is 5.73 Å². The van der Waals surface area contributed by atoms with E-state index in [0.717, 1.165) is 4.90 Å². The second kappa shape index (κ2) is 3.61. The first-order chi connectivity index (χ1) is 6.06. The maximum atomic E-state index is 11.1. The lowest BCUT2D eigenvalue weighted by Gasteiger charge is -2.18. The van der Waals surface area contributed by atoms with Crippen LogP contribution in [0.5, 0.6) is 0 Å². The number of carboxylic acid groups (broad SMARTS) is 1. The number of ether oxygens (including phenoxy) is 1. The summed E-state index contributed by atoms with van der Waals surface area (Å²) >= 11 is 0. The average molecular weight is 188 g/mol. The molecule has 1 aliphatic rings. The van der Waals surface area contributed by atoms with Crippen LogP contribution in [0.1, 0.15) is 6.42 Å². The van der Waals surface area contributed by atoms with Crippen molar-refractivity contribution in [3.05, 3.63) is 0 Å². The van der Waals surface area contributed by atoms with Crippen molar-refractivity contribution in [2.45, 2.75) is 18.5 Å². The fourth-order valence-corrected chi connectivity index (χ4v) is 1.44. The zero-order chi connectivity index (χ0) is 10.0. The predicted molar refractivity (Wildman–Crippen MR) is 43.1 cm³/mol. The van der Waals surface area contributed by atoms with E-state index in [1.54, 1.807) is 0 Å². The summed E-state index contributed by atoms with van der Waals surface area (Å²) in [5.74, 6) is -0.546. The molecular formula is C7H12N2O4. The summed E-state index contributed by atoms with van der Waals surface area (Å²) in [4.78, 5) is 22.7. The van der Waals surface area contributed by atoms with Gasteiger partial charge in [0.05, 0.1) is 7.11 Å². The van der Waals surface area contributed by atoms with Gasteiger partial charge in [0.2, 0.25) is 0 Å². The van der Waals surface area contributed by atoms with Gasteiger partial charge in [0, 0.05) is 12.6 Å². The fraction of sp³-hybridized carbons (Fsp3) is 0.714. The lowest BCUT2D eigenvalue weighted by molar-refractivity contribution is -0.145. The Morgan fingerprint density at radius 3 is 2.69 bits per heavy atom. The molecule has 1 aliphatic heterocycles. The van der Waals surface area contributed by atoms with Crippen LogP contribution in [0.4, 0.5) is 4.79 Å². The molecule has 0 radical (unpaired) electrons. The van der Waals surface area contributed by atoms with Crippen LogP contribution >= 0.6 is 0 Å². The average Bonchev–Trinajstić information content (AvgIpc) is 2.46. The van der Waals surface area contributed by atoms with Gasteiger partial charge in [-0.05, 0) is 6.42 Å². The SMILES string of the molecule is COC(=O)[C@H]1C[C@H](N)CN1C(=O)O. The van der Waals surface area contributed by atoms with E-state index in [9.17, 15) is 9.59 Å². The van der Waals surface area contributed by atoms with E-state index in [1.165, 1.54) is 7.11 Å². The first-order valence-electron chi connectivity index (χ1n) is 3.89. The summed E-state index contributed by atoms with van der Waals surface area (Å²) in [6, 6.07) is -1.02. The molecule has 6 nitrogen and oxygen atoms in total. The van der Waals surface area contributed by atoms with Crippen LogP contribution in [0, 0.1) is 0 Å². The molecule has 0 aromatic rings. The number of carbonyl (C=O) groups excluding carboxylic acids is 1. The summed E-state index contributed by atoms with van der Waals surface area (Å²) in [7, 11) is 1.23. The molecule has 0 aromatic heterocycles. The topological polar surface area (TPSA) is 92.9 Å². The summed E-state index contributed by atoms with van der Waals surface area (Å²) in [5, 5.41) is 8.71. The van der Waals surface area contributed by atoms with Crippen molar-refractivity contribution in [2.24, 2.45) is 5.73 Å². The van der Waals surface area contributed by atoms with E-state index in [4.69, 9.17) is 10.8 Å². The molecule has 2 atom stereocenters. The Bertz CT molecular complexity index is 231. The molecule has 6 heteroatoms. The standard InChI is InChI=1S/C7H12N2O4/c1-13-6(10)5-2-4(8)3-9(5)7(11)12/h4-5H,2-3,8H2,1H3,(H,11,12)/t4-,5+/m0/s1. The number of amides is 1. The molecule has 0 aliphatic carbocycles. The molecule has 0 bridgehead atoms. The Kier molecular flexibility index (Phi) is 2.72. The van der Waals surface area contributed by atoms with Crippen molar-refractivity contribution in [1.82, 2.24) is 4.90 Å². The van der Waals surface area contributed by atoms with Crippen molar-refractivity contribution in [2.75, 3.05) is 13.7 Å². The van der Waals surface area contributed by atoms with E-state index in [1.807, 2.05) is 0 Å². The summed E-state index contributed by atoms with van der Waals surface area (Å²) in [6.07, 6.45) is -0.803. The lowest BCUT2D eigenvalue weighted by Crippen LogP contribution is -2.40. The minimum Gasteiger partial charge on any atom is -0.467 e. The third-order valence-electron chi connectivity index (χ3n) is 2.05.